The van der Waals surface area contributed by atoms with E-state index >= 15 is 0 Å². The molecule has 3 aromatic carbocycles. The Labute approximate surface area is 177 Å². The molecule has 0 radical (unpaired) electrons. The number of nitrogens with zero attached hydrogens (tertiary/aromatic N) is 2. The molecule has 5 nitrogen and oxygen atoms in total. The fourth-order valence-electron chi connectivity index (χ4n) is 3.38. The number of rotatable bonds is 5. The Bertz CT molecular complexity index is 1270. The zero-order chi connectivity index (χ0) is 21.4. The summed E-state index contributed by atoms with van der Waals surface area (Å²) in [5.41, 5.74) is 4.43. The van der Waals surface area contributed by atoms with Gasteiger partial charge in [0.25, 0.3) is 10.0 Å². The normalized spacial score (nSPS) is 12.2. The first-order valence-electron chi connectivity index (χ1n) is 9.85. The van der Waals surface area contributed by atoms with Gasteiger partial charge in [-0.25, -0.2) is 13.4 Å². The van der Waals surface area contributed by atoms with Gasteiger partial charge in [-0.1, -0.05) is 63.2 Å². The third-order valence-electron chi connectivity index (χ3n) is 5.10. The Balaban J connectivity index is 1.56. The van der Waals surface area contributed by atoms with Crippen molar-refractivity contribution in [3.63, 3.8) is 0 Å². The van der Waals surface area contributed by atoms with Gasteiger partial charge < -0.3 is 4.57 Å². The average Bonchev–Trinajstić information content (AvgIpc) is 3.10. The van der Waals surface area contributed by atoms with Crippen LogP contribution in [0.5, 0.6) is 0 Å². The summed E-state index contributed by atoms with van der Waals surface area (Å²) in [4.78, 5) is 4.69. The molecule has 1 N–H and O–H groups in total. The van der Waals surface area contributed by atoms with Gasteiger partial charge in [0.15, 0.2) is 0 Å². The maximum absolute atomic E-state index is 12.8. The van der Waals surface area contributed by atoms with Crippen LogP contribution in [0.1, 0.15) is 31.9 Å². The molecular weight excluding hydrogens is 394 g/mol. The predicted molar refractivity (Wildman–Crippen MR) is 121 cm³/mol. The van der Waals surface area contributed by atoms with Crippen LogP contribution >= 0.6 is 0 Å². The zero-order valence-electron chi connectivity index (χ0n) is 17.3. The summed E-state index contributed by atoms with van der Waals surface area (Å²) in [5.74, 6) is 0. The van der Waals surface area contributed by atoms with Gasteiger partial charge in [0, 0.05) is 6.54 Å². The molecule has 30 heavy (non-hydrogen) atoms. The maximum Gasteiger partial charge on any atom is 0.261 e. The number of sulfonamides is 1. The van der Waals surface area contributed by atoms with Crippen LogP contribution in [0.3, 0.4) is 0 Å². The minimum absolute atomic E-state index is 0.0284. The minimum Gasteiger partial charge on any atom is -0.326 e. The van der Waals surface area contributed by atoms with E-state index in [1.807, 2.05) is 41.0 Å². The Kier molecular flexibility index (Phi) is 5.12. The highest BCUT2D eigenvalue weighted by Crippen LogP contribution is 2.25. The predicted octanol–water partition coefficient (Wildman–Crippen LogP) is 5.18. The summed E-state index contributed by atoms with van der Waals surface area (Å²) < 4.78 is 30.3. The molecule has 0 aliphatic carbocycles. The molecule has 0 aliphatic rings. The lowest BCUT2D eigenvalue weighted by Crippen LogP contribution is -2.14. The molecule has 0 unspecified atom stereocenters. The van der Waals surface area contributed by atoms with Crippen molar-refractivity contribution in [1.82, 2.24) is 9.55 Å². The van der Waals surface area contributed by atoms with E-state index in [1.165, 1.54) is 5.56 Å². The van der Waals surface area contributed by atoms with Crippen molar-refractivity contribution in [3.8, 4) is 0 Å². The smallest absolute Gasteiger partial charge is 0.261 e. The van der Waals surface area contributed by atoms with Crippen LogP contribution < -0.4 is 4.72 Å². The largest absolute Gasteiger partial charge is 0.326 e. The molecule has 0 fully saturated rings. The molecule has 0 bridgehead atoms. The first kappa shape index (κ1) is 20.2. The number of benzene rings is 3. The topological polar surface area (TPSA) is 64.0 Å². The average molecular weight is 420 g/mol. The van der Waals surface area contributed by atoms with Crippen molar-refractivity contribution in [3.05, 3.63) is 90.3 Å². The molecular formula is C24H25N3O2S. The second-order valence-electron chi connectivity index (χ2n) is 8.44. The van der Waals surface area contributed by atoms with Gasteiger partial charge in [-0.2, -0.15) is 0 Å². The van der Waals surface area contributed by atoms with E-state index in [1.54, 1.807) is 30.6 Å². The molecule has 0 aliphatic heterocycles. The standard InChI is InChI=1S/C24H25N3O2S/c1-24(2,3)19-9-12-21(13-10-19)30(28,29)26-20-11-14-23-22(15-20)25-17-27(23)16-18-7-5-4-6-8-18/h4-15,17,26H,16H2,1-3H3. The fraction of sp³-hybridized carbons (Fsp3) is 0.208. The first-order valence-corrected chi connectivity index (χ1v) is 11.3. The van der Waals surface area contributed by atoms with Crippen LogP contribution in [0.2, 0.25) is 0 Å². The molecule has 1 heterocycles. The second-order valence-corrected chi connectivity index (χ2v) is 10.1. The Morgan fingerprint density at radius 2 is 1.63 bits per heavy atom. The third-order valence-corrected chi connectivity index (χ3v) is 6.50. The molecule has 154 valence electrons. The van der Waals surface area contributed by atoms with E-state index in [2.05, 4.69) is 42.6 Å². The molecule has 0 atom stereocenters. The van der Waals surface area contributed by atoms with Crippen molar-refractivity contribution in [2.75, 3.05) is 4.72 Å². The summed E-state index contributed by atoms with van der Waals surface area (Å²) >= 11 is 0. The monoisotopic (exact) mass is 419 g/mol. The molecule has 0 amide bonds. The molecule has 0 saturated heterocycles. The zero-order valence-corrected chi connectivity index (χ0v) is 18.1. The van der Waals surface area contributed by atoms with Gasteiger partial charge in [-0.15, -0.1) is 0 Å². The Morgan fingerprint density at radius 3 is 2.30 bits per heavy atom. The SMILES string of the molecule is CC(C)(C)c1ccc(S(=O)(=O)Nc2ccc3c(c2)ncn3Cc2ccccc2)cc1. The summed E-state index contributed by atoms with van der Waals surface area (Å²) in [5, 5.41) is 0. The molecule has 1 aromatic heterocycles. The number of imidazole rings is 1. The van der Waals surface area contributed by atoms with Gasteiger partial charge in [-0.05, 0) is 46.9 Å². The Morgan fingerprint density at radius 1 is 0.933 bits per heavy atom. The third kappa shape index (κ3) is 4.24. The van der Waals surface area contributed by atoms with Crippen molar-refractivity contribution in [2.45, 2.75) is 37.6 Å². The second kappa shape index (κ2) is 7.61. The lowest BCUT2D eigenvalue weighted by molar-refractivity contribution is 0.587. The summed E-state index contributed by atoms with van der Waals surface area (Å²) in [7, 11) is -3.67. The van der Waals surface area contributed by atoms with Gasteiger partial charge in [0.05, 0.1) is 27.9 Å². The van der Waals surface area contributed by atoms with E-state index in [0.717, 1.165) is 16.6 Å². The summed E-state index contributed by atoms with van der Waals surface area (Å²) in [6.07, 6.45) is 1.78. The highest BCUT2D eigenvalue weighted by atomic mass is 32.2. The molecule has 0 saturated carbocycles. The molecule has 0 spiro atoms. The van der Waals surface area contributed by atoms with Crippen LogP contribution in [0.4, 0.5) is 5.69 Å². The quantitative estimate of drug-likeness (QED) is 0.485. The number of hydrogen-bond donors (Lipinski definition) is 1. The van der Waals surface area contributed by atoms with E-state index in [0.29, 0.717) is 12.2 Å². The van der Waals surface area contributed by atoms with Crippen LogP contribution in [-0.2, 0) is 22.0 Å². The Hall–Kier alpha value is -3.12. The van der Waals surface area contributed by atoms with Crippen molar-refractivity contribution >= 4 is 26.7 Å². The van der Waals surface area contributed by atoms with E-state index in [9.17, 15) is 8.42 Å². The van der Waals surface area contributed by atoms with Gasteiger partial charge in [0.2, 0.25) is 0 Å². The first-order chi connectivity index (χ1) is 14.2. The van der Waals surface area contributed by atoms with Crippen LogP contribution in [-0.4, -0.2) is 18.0 Å². The van der Waals surface area contributed by atoms with Crippen molar-refractivity contribution < 1.29 is 8.42 Å². The van der Waals surface area contributed by atoms with Gasteiger partial charge in [0.1, 0.15) is 0 Å². The molecule has 4 aromatic rings. The van der Waals surface area contributed by atoms with Crippen LogP contribution in [0, 0.1) is 0 Å². The van der Waals surface area contributed by atoms with Crippen molar-refractivity contribution in [1.29, 1.82) is 0 Å². The minimum atomic E-state index is -3.67. The summed E-state index contributed by atoms with van der Waals surface area (Å²) in [6, 6.07) is 22.6. The number of fused-ring (bicyclic) bond motifs is 1. The molecule has 6 heteroatoms. The lowest BCUT2D eigenvalue weighted by Gasteiger charge is -2.19. The lowest BCUT2D eigenvalue weighted by atomic mass is 9.87. The van der Waals surface area contributed by atoms with Crippen LogP contribution in [0.15, 0.2) is 84.0 Å². The molecule has 4 rings (SSSR count). The number of nitrogens with one attached hydrogen (secondary N) is 1. The summed E-state index contributed by atoms with van der Waals surface area (Å²) in [6.45, 7) is 7.01. The van der Waals surface area contributed by atoms with Crippen LogP contribution in [0.25, 0.3) is 11.0 Å². The number of anilines is 1. The maximum atomic E-state index is 12.8. The van der Waals surface area contributed by atoms with E-state index in [-0.39, 0.29) is 10.3 Å². The van der Waals surface area contributed by atoms with E-state index in [4.69, 9.17) is 0 Å². The van der Waals surface area contributed by atoms with Crippen molar-refractivity contribution in [2.24, 2.45) is 0 Å². The van der Waals surface area contributed by atoms with E-state index < -0.39 is 10.0 Å². The van der Waals surface area contributed by atoms with Gasteiger partial charge in [-0.3, -0.25) is 4.72 Å². The fourth-order valence-corrected chi connectivity index (χ4v) is 4.43. The number of hydrogen-bond acceptors (Lipinski definition) is 3. The highest BCUT2D eigenvalue weighted by molar-refractivity contribution is 7.92. The van der Waals surface area contributed by atoms with Gasteiger partial charge >= 0.3 is 0 Å². The highest BCUT2D eigenvalue weighted by Gasteiger charge is 2.18. The number of aromatic nitrogens is 2.